The van der Waals surface area contributed by atoms with Crippen molar-refractivity contribution >= 4 is 23.4 Å². The van der Waals surface area contributed by atoms with Gasteiger partial charge in [0.05, 0.1) is 12.5 Å². The fraction of sp³-hybridized carbons (Fsp3) is 0.400. The van der Waals surface area contributed by atoms with E-state index in [0.717, 1.165) is 31.7 Å². The minimum Gasteiger partial charge on any atom is -0.497 e. The number of benzene rings is 1. The molecule has 2 aromatic rings. The van der Waals surface area contributed by atoms with Gasteiger partial charge in [-0.3, -0.25) is 4.79 Å². The molecule has 0 spiro atoms. The first-order valence-corrected chi connectivity index (χ1v) is 6.60. The average Bonchev–Trinajstić information content (AvgIpc) is 2.47. The Morgan fingerprint density at radius 1 is 1.25 bits per heavy atom. The van der Waals surface area contributed by atoms with E-state index in [1.165, 1.54) is 0 Å². The van der Waals surface area contributed by atoms with Crippen LogP contribution in [0.3, 0.4) is 0 Å². The second kappa shape index (κ2) is 6.29. The van der Waals surface area contributed by atoms with Crippen molar-refractivity contribution in [3.05, 3.63) is 40.2 Å². The molecule has 0 saturated carbocycles. The summed E-state index contributed by atoms with van der Waals surface area (Å²) in [6, 6.07) is 6.96. The second-order valence-electron chi connectivity index (χ2n) is 4.90. The Morgan fingerprint density at radius 3 is 2.70 bits per heavy atom. The number of methoxy groups -OCH3 is 1. The van der Waals surface area contributed by atoms with Gasteiger partial charge in [0.25, 0.3) is 0 Å². The molecule has 4 nitrogen and oxygen atoms in total. The van der Waals surface area contributed by atoms with Crippen molar-refractivity contribution in [2.45, 2.75) is 18.8 Å². The van der Waals surface area contributed by atoms with Crippen LogP contribution in [0.25, 0.3) is 11.0 Å². The lowest BCUT2D eigenvalue weighted by Gasteiger charge is -2.21. The molecular weight excluding hydrogens is 278 g/mol. The Hall–Kier alpha value is -1.52. The third-order valence-corrected chi connectivity index (χ3v) is 3.70. The standard InChI is InChI=1S/C15H17NO3.ClH/c1-18-11-2-3-12-13(17)9-14(19-15(12)8-11)10-4-6-16-7-5-10;/h2-3,8-10,16H,4-7H2,1H3;1H. The van der Waals surface area contributed by atoms with Crippen LogP contribution in [0.15, 0.2) is 33.5 Å². The Morgan fingerprint density at radius 2 is 2.00 bits per heavy atom. The minimum atomic E-state index is 0. The Balaban J connectivity index is 0.00000147. The molecule has 1 N–H and O–H groups in total. The number of hydrogen-bond donors (Lipinski definition) is 1. The summed E-state index contributed by atoms with van der Waals surface area (Å²) in [7, 11) is 1.61. The van der Waals surface area contributed by atoms with E-state index in [4.69, 9.17) is 9.15 Å². The molecule has 20 heavy (non-hydrogen) atoms. The number of halogens is 1. The summed E-state index contributed by atoms with van der Waals surface area (Å²) in [5, 5.41) is 3.92. The zero-order chi connectivity index (χ0) is 13.2. The fourth-order valence-electron chi connectivity index (χ4n) is 2.59. The summed E-state index contributed by atoms with van der Waals surface area (Å²) < 4.78 is 11.1. The van der Waals surface area contributed by atoms with E-state index >= 15 is 0 Å². The number of nitrogens with one attached hydrogen (secondary N) is 1. The van der Waals surface area contributed by atoms with Crippen LogP contribution in [0, 0.1) is 0 Å². The summed E-state index contributed by atoms with van der Waals surface area (Å²) in [5.41, 5.74) is 0.637. The molecule has 3 rings (SSSR count). The molecule has 1 fully saturated rings. The van der Waals surface area contributed by atoms with E-state index in [1.54, 1.807) is 31.4 Å². The van der Waals surface area contributed by atoms with Gasteiger partial charge in [-0.05, 0) is 38.1 Å². The van der Waals surface area contributed by atoms with Crippen LogP contribution >= 0.6 is 12.4 Å². The molecule has 0 atom stereocenters. The maximum absolute atomic E-state index is 12.1. The van der Waals surface area contributed by atoms with Gasteiger partial charge in [0.1, 0.15) is 17.1 Å². The first-order chi connectivity index (χ1) is 9.28. The molecule has 1 aliphatic heterocycles. The number of rotatable bonds is 2. The highest BCUT2D eigenvalue weighted by Gasteiger charge is 2.19. The van der Waals surface area contributed by atoms with Crippen LogP contribution in [-0.2, 0) is 0 Å². The van der Waals surface area contributed by atoms with Crippen LogP contribution in [0.4, 0.5) is 0 Å². The first kappa shape index (κ1) is 14.9. The predicted octanol–water partition coefficient (Wildman–Crippen LogP) is 2.69. The largest absolute Gasteiger partial charge is 0.497 e. The normalized spacial score (nSPS) is 15.8. The molecule has 0 bridgehead atoms. The SMILES string of the molecule is COc1ccc2c(=O)cc(C3CCNCC3)oc2c1.Cl. The summed E-state index contributed by atoms with van der Waals surface area (Å²) in [5.74, 6) is 1.84. The van der Waals surface area contributed by atoms with Crippen LogP contribution in [0.1, 0.15) is 24.5 Å². The predicted molar refractivity (Wildman–Crippen MR) is 81.1 cm³/mol. The summed E-state index contributed by atoms with van der Waals surface area (Å²) in [6.07, 6.45) is 2.02. The van der Waals surface area contributed by atoms with Crippen molar-refractivity contribution in [2.75, 3.05) is 20.2 Å². The van der Waals surface area contributed by atoms with Crippen molar-refractivity contribution in [2.24, 2.45) is 0 Å². The highest BCUT2D eigenvalue weighted by Crippen LogP contribution is 2.27. The maximum atomic E-state index is 12.1. The minimum absolute atomic E-state index is 0. The van der Waals surface area contributed by atoms with Crippen molar-refractivity contribution in [3.8, 4) is 5.75 Å². The lowest BCUT2D eigenvalue weighted by Crippen LogP contribution is -2.27. The summed E-state index contributed by atoms with van der Waals surface area (Å²) >= 11 is 0. The molecule has 1 aromatic heterocycles. The zero-order valence-electron chi connectivity index (χ0n) is 11.3. The van der Waals surface area contributed by atoms with Gasteiger partial charge < -0.3 is 14.5 Å². The van der Waals surface area contributed by atoms with Crippen molar-refractivity contribution in [3.63, 3.8) is 0 Å². The molecule has 2 heterocycles. The van der Waals surface area contributed by atoms with Gasteiger partial charge in [0.15, 0.2) is 5.43 Å². The van der Waals surface area contributed by atoms with Gasteiger partial charge in [-0.15, -0.1) is 12.4 Å². The Bertz CT molecular complexity index is 647. The van der Waals surface area contributed by atoms with Crippen molar-refractivity contribution < 1.29 is 9.15 Å². The van der Waals surface area contributed by atoms with E-state index in [9.17, 15) is 4.79 Å². The highest BCUT2D eigenvalue weighted by atomic mass is 35.5. The molecule has 0 radical (unpaired) electrons. The first-order valence-electron chi connectivity index (χ1n) is 6.60. The van der Waals surface area contributed by atoms with Gasteiger partial charge in [0.2, 0.25) is 0 Å². The highest BCUT2D eigenvalue weighted by molar-refractivity contribution is 5.85. The lowest BCUT2D eigenvalue weighted by atomic mass is 9.95. The van der Waals surface area contributed by atoms with Gasteiger partial charge in [0, 0.05) is 18.1 Å². The van der Waals surface area contributed by atoms with Gasteiger partial charge in [-0.2, -0.15) is 0 Å². The van der Waals surface area contributed by atoms with Crippen LogP contribution in [0.5, 0.6) is 5.75 Å². The Labute approximate surface area is 123 Å². The molecule has 0 amide bonds. The van der Waals surface area contributed by atoms with E-state index < -0.39 is 0 Å². The van der Waals surface area contributed by atoms with Crippen molar-refractivity contribution in [1.82, 2.24) is 5.32 Å². The number of hydrogen-bond acceptors (Lipinski definition) is 4. The lowest BCUT2D eigenvalue weighted by molar-refractivity contribution is 0.390. The summed E-state index contributed by atoms with van der Waals surface area (Å²) in [4.78, 5) is 12.1. The third kappa shape index (κ3) is 2.81. The molecule has 0 unspecified atom stereocenters. The summed E-state index contributed by atoms with van der Waals surface area (Å²) in [6.45, 7) is 1.95. The van der Waals surface area contributed by atoms with E-state index in [2.05, 4.69) is 5.32 Å². The fourth-order valence-corrected chi connectivity index (χ4v) is 2.59. The molecule has 108 valence electrons. The quantitative estimate of drug-likeness (QED) is 0.925. The van der Waals surface area contributed by atoms with Gasteiger partial charge in [-0.1, -0.05) is 0 Å². The Kier molecular flexibility index (Phi) is 4.68. The monoisotopic (exact) mass is 295 g/mol. The van der Waals surface area contributed by atoms with E-state index in [-0.39, 0.29) is 17.8 Å². The average molecular weight is 296 g/mol. The molecule has 1 aromatic carbocycles. The van der Waals surface area contributed by atoms with Crippen LogP contribution in [-0.4, -0.2) is 20.2 Å². The van der Waals surface area contributed by atoms with E-state index in [0.29, 0.717) is 22.6 Å². The second-order valence-corrected chi connectivity index (χ2v) is 4.90. The van der Waals surface area contributed by atoms with Crippen molar-refractivity contribution in [1.29, 1.82) is 0 Å². The van der Waals surface area contributed by atoms with Crippen LogP contribution in [0.2, 0.25) is 0 Å². The topological polar surface area (TPSA) is 51.5 Å². The zero-order valence-corrected chi connectivity index (χ0v) is 12.2. The third-order valence-electron chi connectivity index (χ3n) is 3.70. The van der Waals surface area contributed by atoms with Crippen LogP contribution < -0.4 is 15.5 Å². The van der Waals surface area contributed by atoms with Gasteiger partial charge in [-0.25, -0.2) is 0 Å². The van der Waals surface area contributed by atoms with E-state index in [1.807, 2.05) is 0 Å². The number of piperidine rings is 1. The maximum Gasteiger partial charge on any atom is 0.192 e. The molecule has 1 saturated heterocycles. The smallest absolute Gasteiger partial charge is 0.192 e. The molecular formula is C15H18ClNO3. The van der Waals surface area contributed by atoms with Gasteiger partial charge >= 0.3 is 0 Å². The number of ether oxygens (including phenoxy) is 1. The molecule has 5 heteroatoms. The number of fused-ring (bicyclic) bond motifs is 1. The molecule has 0 aliphatic carbocycles. The molecule has 1 aliphatic rings.